The summed E-state index contributed by atoms with van der Waals surface area (Å²) in [6, 6.07) is 0. The van der Waals surface area contributed by atoms with Gasteiger partial charge in [-0.25, -0.2) is 0 Å². The van der Waals surface area contributed by atoms with Crippen LogP contribution in [0.15, 0.2) is 0 Å². The van der Waals surface area contributed by atoms with Gasteiger partial charge < -0.3 is 9.84 Å². The topological polar surface area (TPSA) is 46.5 Å². The molecule has 0 spiro atoms. The summed E-state index contributed by atoms with van der Waals surface area (Å²) in [5.41, 5.74) is 0. The van der Waals surface area contributed by atoms with Gasteiger partial charge in [-0.05, 0) is 6.42 Å². The van der Waals surface area contributed by atoms with Gasteiger partial charge >= 0.3 is 5.97 Å². The first kappa shape index (κ1) is 10.4. The van der Waals surface area contributed by atoms with Crippen LogP contribution in [0.4, 0.5) is 0 Å². The van der Waals surface area contributed by atoms with E-state index >= 15 is 0 Å². The van der Waals surface area contributed by atoms with E-state index in [0.717, 1.165) is 6.42 Å². The highest BCUT2D eigenvalue weighted by molar-refractivity contribution is 5.66. The van der Waals surface area contributed by atoms with E-state index in [-0.39, 0.29) is 0 Å². The van der Waals surface area contributed by atoms with E-state index in [9.17, 15) is 9.90 Å². The molecule has 3 nitrogen and oxygen atoms in total. The van der Waals surface area contributed by atoms with Crippen molar-refractivity contribution in [2.24, 2.45) is 0 Å². The average Bonchev–Trinajstić information content (AvgIpc) is 1.87. The number of hydrogen-bond donors (Lipinski definition) is 1. The molecule has 0 aliphatic heterocycles. The molecule has 0 aromatic carbocycles. The average molecular weight is 160 g/mol. The molecule has 1 atom stereocenters. The first-order valence-electron chi connectivity index (χ1n) is 3.96. The predicted octanol–water partition coefficient (Wildman–Crippen LogP) is 1.45. The van der Waals surface area contributed by atoms with Crippen molar-refractivity contribution < 1.29 is 14.6 Å². The Bertz CT molecular complexity index is 133. The number of aliphatic hydroxyl groups is 1. The summed E-state index contributed by atoms with van der Waals surface area (Å²) in [5.74, 6) is -1.66. The van der Waals surface area contributed by atoms with Gasteiger partial charge in [-0.3, -0.25) is 4.79 Å². The van der Waals surface area contributed by atoms with Crippen LogP contribution in [-0.4, -0.2) is 16.9 Å². The molecule has 1 N–H and O–H groups in total. The quantitative estimate of drug-likeness (QED) is 0.500. The fourth-order valence-electron chi connectivity index (χ4n) is 0.958. The van der Waals surface area contributed by atoms with Gasteiger partial charge in [-0.1, -0.05) is 13.8 Å². The lowest BCUT2D eigenvalue weighted by Crippen LogP contribution is -2.33. The Morgan fingerprint density at radius 2 is 2.09 bits per heavy atom. The molecule has 66 valence electrons. The zero-order chi connectivity index (χ0) is 8.91. The molecule has 0 rings (SSSR count). The molecule has 1 unspecified atom stereocenters. The molecule has 0 aromatic rings. The maximum absolute atomic E-state index is 10.5. The molecule has 0 saturated heterocycles. The third-order valence-corrected chi connectivity index (χ3v) is 1.53. The van der Waals surface area contributed by atoms with E-state index in [1.807, 2.05) is 6.92 Å². The maximum atomic E-state index is 10.5. The summed E-state index contributed by atoms with van der Waals surface area (Å²) in [4.78, 5) is 10.5. The van der Waals surface area contributed by atoms with Crippen molar-refractivity contribution in [2.45, 2.75) is 45.8 Å². The van der Waals surface area contributed by atoms with Crippen molar-refractivity contribution >= 4 is 5.97 Å². The second-order valence-electron chi connectivity index (χ2n) is 2.64. The van der Waals surface area contributed by atoms with Gasteiger partial charge in [0.25, 0.3) is 0 Å². The van der Waals surface area contributed by atoms with Crippen LogP contribution >= 0.6 is 0 Å². The van der Waals surface area contributed by atoms with Gasteiger partial charge in [0.05, 0.1) is 0 Å². The molecule has 3 heteroatoms. The maximum Gasteiger partial charge on any atom is 0.305 e. The largest absolute Gasteiger partial charge is 0.433 e. The zero-order valence-electron chi connectivity index (χ0n) is 7.39. The standard InChI is InChI=1S/C8H16O3/c1-4-6-8(10,5-2)11-7(3)9/h10H,4-6H2,1-3H3. The smallest absolute Gasteiger partial charge is 0.305 e. The van der Waals surface area contributed by atoms with Crippen LogP contribution in [0.5, 0.6) is 0 Å². The second kappa shape index (κ2) is 4.34. The Kier molecular flexibility index (Phi) is 4.11. The fraction of sp³-hybridized carbons (Fsp3) is 0.875. The highest BCUT2D eigenvalue weighted by Gasteiger charge is 2.26. The minimum atomic E-state index is -1.24. The molecule has 11 heavy (non-hydrogen) atoms. The minimum absolute atomic E-state index is 0.428. The summed E-state index contributed by atoms with van der Waals surface area (Å²) in [7, 11) is 0. The van der Waals surface area contributed by atoms with Crippen molar-refractivity contribution in [3.63, 3.8) is 0 Å². The lowest BCUT2D eigenvalue weighted by molar-refractivity contribution is -0.211. The Hall–Kier alpha value is -0.570. The molecular weight excluding hydrogens is 144 g/mol. The first-order valence-corrected chi connectivity index (χ1v) is 3.96. The lowest BCUT2D eigenvalue weighted by atomic mass is 10.1. The Morgan fingerprint density at radius 1 is 1.55 bits per heavy atom. The van der Waals surface area contributed by atoms with Gasteiger partial charge in [0.15, 0.2) is 0 Å². The number of rotatable bonds is 4. The van der Waals surface area contributed by atoms with Crippen LogP contribution in [0, 0.1) is 0 Å². The van der Waals surface area contributed by atoms with Crippen molar-refractivity contribution in [3.8, 4) is 0 Å². The molecule has 0 aliphatic carbocycles. The lowest BCUT2D eigenvalue weighted by Gasteiger charge is -2.25. The predicted molar refractivity (Wildman–Crippen MR) is 41.9 cm³/mol. The molecule has 0 saturated carbocycles. The van der Waals surface area contributed by atoms with Gasteiger partial charge in [0, 0.05) is 19.8 Å². The SMILES string of the molecule is CCCC(O)(CC)OC(C)=O. The Balaban J connectivity index is 3.98. The number of carbonyl (C=O) groups is 1. The highest BCUT2D eigenvalue weighted by atomic mass is 16.7. The van der Waals surface area contributed by atoms with Crippen LogP contribution in [-0.2, 0) is 9.53 Å². The molecule has 0 heterocycles. The second-order valence-corrected chi connectivity index (χ2v) is 2.64. The molecule has 0 bridgehead atoms. The van der Waals surface area contributed by atoms with Crippen LogP contribution in [0.2, 0.25) is 0 Å². The van der Waals surface area contributed by atoms with Gasteiger partial charge in [-0.2, -0.15) is 0 Å². The van der Waals surface area contributed by atoms with E-state index < -0.39 is 11.8 Å². The Labute approximate surface area is 67.4 Å². The Morgan fingerprint density at radius 3 is 2.36 bits per heavy atom. The number of carbonyl (C=O) groups excluding carboxylic acids is 1. The third-order valence-electron chi connectivity index (χ3n) is 1.53. The number of hydrogen-bond acceptors (Lipinski definition) is 3. The van der Waals surface area contributed by atoms with Crippen LogP contribution in [0.25, 0.3) is 0 Å². The van der Waals surface area contributed by atoms with E-state index in [1.165, 1.54) is 6.92 Å². The van der Waals surface area contributed by atoms with Crippen LogP contribution in [0.1, 0.15) is 40.0 Å². The molecule has 0 aromatic heterocycles. The van der Waals surface area contributed by atoms with E-state index in [2.05, 4.69) is 0 Å². The van der Waals surface area contributed by atoms with Crippen molar-refractivity contribution in [3.05, 3.63) is 0 Å². The molecular formula is C8H16O3. The summed E-state index contributed by atoms with van der Waals surface area (Å²) < 4.78 is 4.74. The van der Waals surface area contributed by atoms with E-state index in [0.29, 0.717) is 12.8 Å². The zero-order valence-corrected chi connectivity index (χ0v) is 7.39. The monoisotopic (exact) mass is 160 g/mol. The summed E-state index contributed by atoms with van der Waals surface area (Å²) >= 11 is 0. The summed E-state index contributed by atoms with van der Waals surface area (Å²) in [6.07, 6.45) is 1.75. The molecule has 0 radical (unpaired) electrons. The van der Waals surface area contributed by atoms with Crippen LogP contribution in [0.3, 0.4) is 0 Å². The van der Waals surface area contributed by atoms with Gasteiger partial charge in [-0.15, -0.1) is 0 Å². The van der Waals surface area contributed by atoms with E-state index in [1.54, 1.807) is 6.92 Å². The number of ether oxygens (including phenoxy) is 1. The minimum Gasteiger partial charge on any atom is -0.433 e. The van der Waals surface area contributed by atoms with Crippen molar-refractivity contribution in [1.29, 1.82) is 0 Å². The van der Waals surface area contributed by atoms with Crippen molar-refractivity contribution in [2.75, 3.05) is 0 Å². The van der Waals surface area contributed by atoms with Gasteiger partial charge in [0.1, 0.15) is 0 Å². The van der Waals surface area contributed by atoms with E-state index in [4.69, 9.17) is 4.74 Å². The first-order chi connectivity index (χ1) is 5.04. The molecule has 0 fully saturated rings. The van der Waals surface area contributed by atoms with Crippen LogP contribution < -0.4 is 0 Å². The highest BCUT2D eigenvalue weighted by Crippen LogP contribution is 2.18. The van der Waals surface area contributed by atoms with Crippen molar-refractivity contribution in [1.82, 2.24) is 0 Å². The third kappa shape index (κ3) is 3.98. The van der Waals surface area contributed by atoms with Gasteiger partial charge in [0.2, 0.25) is 5.79 Å². The molecule has 0 aliphatic rings. The summed E-state index contributed by atoms with van der Waals surface area (Å²) in [5, 5.41) is 9.55. The summed E-state index contributed by atoms with van der Waals surface area (Å²) in [6.45, 7) is 5.03. The number of esters is 1. The normalized spacial score (nSPS) is 15.6. The molecule has 0 amide bonds. The fourth-order valence-corrected chi connectivity index (χ4v) is 0.958.